The third kappa shape index (κ3) is 5.16. The SMILES string of the molecule is CCNC(=NCc1ccc(SC)cc1)N1CCN(C(C)=O)CC1. The molecule has 0 bridgehead atoms. The highest BCUT2D eigenvalue weighted by Crippen LogP contribution is 2.15. The van der Waals surface area contributed by atoms with Crippen molar-refractivity contribution in [3.63, 3.8) is 0 Å². The average Bonchev–Trinajstić information content (AvgIpc) is 2.59. The number of thioether (sulfide) groups is 1. The van der Waals surface area contributed by atoms with Gasteiger partial charge in [-0.3, -0.25) is 4.79 Å². The number of amides is 1. The number of nitrogens with zero attached hydrogens (tertiary/aromatic N) is 3. The summed E-state index contributed by atoms with van der Waals surface area (Å²) in [6, 6.07) is 8.53. The first kappa shape index (κ1) is 17.7. The topological polar surface area (TPSA) is 47.9 Å². The lowest BCUT2D eigenvalue weighted by molar-refractivity contribution is -0.130. The normalized spacial score (nSPS) is 15.7. The summed E-state index contributed by atoms with van der Waals surface area (Å²) in [6.07, 6.45) is 2.08. The van der Waals surface area contributed by atoms with Crippen LogP contribution in [0.25, 0.3) is 0 Å². The van der Waals surface area contributed by atoms with E-state index in [9.17, 15) is 4.79 Å². The van der Waals surface area contributed by atoms with E-state index in [1.54, 1.807) is 18.7 Å². The van der Waals surface area contributed by atoms with Crippen molar-refractivity contribution < 1.29 is 4.79 Å². The average molecular weight is 334 g/mol. The molecule has 1 fully saturated rings. The molecule has 23 heavy (non-hydrogen) atoms. The molecule has 0 unspecified atom stereocenters. The van der Waals surface area contributed by atoms with Crippen LogP contribution in [0.1, 0.15) is 19.4 Å². The van der Waals surface area contributed by atoms with Crippen LogP contribution in [0.5, 0.6) is 0 Å². The van der Waals surface area contributed by atoms with Crippen molar-refractivity contribution in [1.82, 2.24) is 15.1 Å². The summed E-state index contributed by atoms with van der Waals surface area (Å²) >= 11 is 1.75. The van der Waals surface area contributed by atoms with Gasteiger partial charge in [0.05, 0.1) is 6.54 Å². The fourth-order valence-electron chi connectivity index (χ4n) is 2.56. The van der Waals surface area contributed by atoms with Crippen molar-refractivity contribution in [2.75, 3.05) is 39.0 Å². The maximum atomic E-state index is 11.4. The molecule has 1 heterocycles. The summed E-state index contributed by atoms with van der Waals surface area (Å²) < 4.78 is 0. The van der Waals surface area contributed by atoms with Gasteiger partial charge >= 0.3 is 0 Å². The van der Waals surface area contributed by atoms with Gasteiger partial charge in [0.15, 0.2) is 5.96 Å². The molecule has 6 heteroatoms. The predicted octanol–water partition coefficient (Wildman–Crippen LogP) is 2.04. The Hall–Kier alpha value is -1.69. The van der Waals surface area contributed by atoms with Gasteiger partial charge < -0.3 is 15.1 Å². The van der Waals surface area contributed by atoms with Crippen molar-refractivity contribution in [1.29, 1.82) is 0 Å². The largest absolute Gasteiger partial charge is 0.357 e. The number of carbonyl (C=O) groups excluding carboxylic acids is 1. The third-order valence-electron chi connectivity index (χ3n) is 3.93. The van der Waals surface area contributed by atoms with Gasteiger partial charge in [0.1, 0.15) is 0 Å². The lowest BCUT2D eigenvalue weighted by Crippen LogP contribution is -2.53. The van der Waals surface area contributed by atoms with Gasteiger partial charge in [0.25, 0.3) is 0 Å². The molecule has 1 aliphatic rings. The molecule has 1 aromatic rings. The molecule has 0 atom stereocenters. The Morgan fingerprint density at radius 2 is 1.78 bits per heavy atom. The van der Waals surface area contributed by atoms with E-state index >= 15 is 0 Å². The first-order valence-corrected chi connectivity index (χ1v) is 9.28. The van der Waals surface area contributed by atoms with E-state index in [-0.39, 0.29) is 5.91 Å². The predicted molar refractivity (Wildman–Crippen MR) is 96.9 cm³/mol. The molecular formula is C17H26N4OS. The molecule has 0 radical (unpaired) electrons. The van der Waals surface area contributed by atoms with Gasteiger partial charge in [-0.1, -0.05) is 12.1 Å². The standard InChI is InChI=1S/C17H26N4OS/c1-4-18-17(21-11-9-20(10-12-21)14(2)22)19-13-15-5-7-16(23-3)8-6-15/h5-8H,4,9-13H2,1-3H3,(H,18,19). The second-order valence-corrected chi connectivity index (χ2v) is 6.39. The Balaban J connectivity index is 1.98. The van der Waals surface area contributed by atoms with Crippen LogP contribution in [-0.4, -0.2) is 60.6 Å². The number of hydrogen-bond donors (Lipinski definition) is 1. The van der Waals surface area contributed by atoms with Crippen LogP contribution in [0, 0.1) is 0 Å². The number of rotatable bonds is 4. The second kappa shape index (κ2) is 8.82. The monoisotopic (exact) mass is 334 g/mol. The molecule has 1 aliphatic heterocycles. The highest BCUT2D eigenvalue weighted by molar-refractivity contribution is 7.98. The van der Waals surface area contributed by atoms with Crippen LogP contribution < -0.4 is 5.32 Å². The van der Waals surface area contributed by atoms with Crippen molar-refractivity contribution >= 4 is 23.6 Å². The van der Waals surface area contributed by atoms with E-state index in [4.69, 9.17) is 4.99 Å². The number of guanidine groups is 1. The van der Waals surface area contributed by atoms with Gasteiger partial charge in [0.2, 0.25) is 5.91 Å². The lowest BCUT2D eigenvalue weighted by Gasteiger charge is -2.36. The van der Waals surface area contributed by atoms with E-state index in [1.807, 2.05) is 4.90 Å². The summed E-state index contributed by atoms with van der Waals surface area (Å²) in [7, 11) is 0. The second-order valence-electron chi connectivity index (χ2n) is 5.51. The number of nitrogens with one attached hydrogen (secondary N) is 1. The quantitative estimate of drug-likeness (QED) is 0.520. The summed E-state index contributed by atoms with van der Waals surface area (Å²) in [5, 5.41) is 3.36. The first-order chi connectivity index (χ1) is 11.1. The van der Waals surface area contributed by atoms with Crippen molar-refractivity contribution in [3.05, 3.63) is 29.8 Å². The van der Waals surface area contributed by atoms with Crippen LogP contribution in [0.2, 0.25) is 0 Å². The molecule has 2 rings (SSSR count). The fraction of sp³-hybridized carbons (Fsp3) is 0.529. The molecular weight excluding hydrogens is 308 g/mol. The minimum Gasteiger partial charge on any atom is -0.357 e. The van der Waals surface area contributed by atoms with Crippen molar-refractivity contribution in [3.8, 4) is 0 Å². The maximum absolute atomic E-state index is 11.4. The van der Waals surface area contributed by atoms with Gasteiger partial charge in [-0.25, -0.2) is 4.99 Å². The van der Waals surface area contributed by atoms with Gasteiger partial charge in [0, 0.05) is 44.5 Å². The molecule has 0 aromatic heterocycles. The minimum atomic E-state index is 0.153. The molecule has 0 spiro atoms. The molecule has 126 valence electrons. The Labute approximate surface area is 143 Å². The third-order valence-corrected chi connectivity index (χ3v) is 4.67. The maximum Gasteiger partial charge on any atom is 0.219 e. The van der Waals surface area contributed by atoms with Gasteiger partial charge in [-0.2, -0.15) is 0 Å². The molecule has 0 saturated carbocycles. The van der Waals surface area contributed by atoms with Crippen LogP contribution in [0.4, 0.5) is 0 Å². The number of hydrogen-bond acceptors (Lipinski definition) is 3. The van der Waals surface area contributed by atoms with E-state index in [0.29, 0.717) is 6.54 Å². The minimum absolute atomic E-state index is 0.153. The number of benzene rings is 1. The summed E-state index contributed by atoms with van der Waals surface area (Å²) in [5.74, 6) is 1.09. The Bertz CT molecular complexity index is 536. The van der Waals surface area contributed by atoms with Gasteiger partial charge in [-0.15, -0.1) is 11.8 Å². The number of aliphatic imine (C=N–C) groups is 1. The summed E-state index contributed by atoms with van der Waals surface area (Å²) in [6.45, 7) is 8.42. The Morgan fingerprint density at radius 1 is 1.17 bits per heavy atom. The highest BCUT2D eigenvalue weighted by atomic mass is 32.2. The summed E-state index contributed by atoms with van der Waals surface area (Å²) in [5.41, 5.74) is 1.21. The Kier molecular flexibility index (Phi) is 6.77. The zero-order valence-electron chi connectivity index (χ0n) is 14.2. The fourth-order valence-corrected chi connectivity index (χ4v) is 2.96. The molecule has 1 saturated heterocycles. The van der Waals surface area contributed by atoms with Gasteiger partial charge in [-0.05, 0) is 30.9 Å². The molecule has 0 aliphatic carbocycles. The van der Waals surface area contributed by atoms with E-state index < -0.39 is 0 Å². The molecule has 1 N–H and O–H groups in total. The lowest BCUT2D eigenvalue weighted by atomic mass is 10.2. The Morgan fingerprint density at radius 3 is 2.30 bits per heavy atom. The number of piperazine rings is 1. The van der Waals surface area contributed by atoms with Crippen molar-refractivity contribution in [2.24, 2.45) is 4.99 Å². The van der Waals surface area contributed by atoms with Crippen LogP contribution in [0.15, 0.2) is 34.2 Å². The zero-order valence-corrected chi connectivity index (χ0v) is 15.0. The molecule has 5 nitrogen and oxygen atoms in total. The number of carbonyl (C=O) groups is 1. The van der Waals surface area contributed by atoms with E-state index in [0.717, 1.165) is 38.7 Å². The zero-order chi connectivity index (χ0) is 16.7. The van der Waals surface area contributed by atoms with Crippen LogP contribution >= 0.6 is 11.8 Å². The van der Waals surface area contributed by atoms with Crippen LogP contribution in [-0.2, 0) is 11.3 Å². The van der Waals surface area contributed by atoms with E-state index in [1.165, 1.54) is 10.5 Å². The van der Waals surface area contributed by atoms with Crippen LogP contribution in [0.3, 0.4) is 0 Å². The highest BCUT2D eigenvalue weighted by Gasteiger charge is 2.20. The smallest absolute Gasteiger partial charge is 0.219 e. The van der Waals surface area contributed by atoms with Crippen molar-refractivity contribution in [2.45, 2.75) is 25.3 Å². The summed E-state index contributed by atoms with van der Waals surface area (Å²) in [4.78, 5) is 21.6. The molecule has 1 aromatic carbocycles. The first-order valence-electron chi connectivity index (χ1n) is 8.05. The molecule has 1 amide bonds. The van der Waals surface area contributed by atoms with E-state index in [2.05, 4.69) is 47.7 Å².